The Balaban J connectivity index is 2.60. The maximum atomic E-state index is 6.09. The van der Waals surface area contributed by atoms with E-state index in [-0.39, 0.29) is 5.92 Å². The lowest BCUT2D eigenvalue weighted by molar-refractivity contribution is 0.772. The Morgan fingerprint density at radius 1 is 1.31 bits per heavy atom. The van der Waals surface area contributed by atoms with Crippen molar-refractivity contribution in [2.75, 3.05) is 0 Å². The molecule has 0 aliphatic heterocycles. The Kier molecular flexibility index (Phi) is 2.92. The molecule has 2 heterocycles. The van der Waals surface area contributed by atoms with Gasteiger partial charge in [-0.3, -0.25) is 0 Å². The molecule has 0 amide bonds. The molecule has 0 unspecified atom stereocenters. The first-order valence-electron chi connectivity index (χ1n) is 5.11. The molecule has 0 radical (unpaired) electrons. The van der Waals surface area contributed by atoms with Gasteiger partial charge in [-0.1, -0.05) is 25.4 Å². The molecule has 84 valence electrons. The molecule has 0 saturated carbocycles. The van der Waals surface area contributed by atoms with Gasteiger partial charge >= 0.3 is 0 Å². The van der Waals surface area contributed by atoms with Gasteiger partial charge in [0.1, 0.15) is 11.5 Å². The van der Waals surface area contributed by atoms with E-state index in [4.69, 9.17) is 11.6 Å². The molecule has 5 heteroatoms. The van der Waals surface area contributed by atoms with E-state index < -0.39 is 0 Å². The first-order chi connectivity index (χ1) is 7.59. The largest absolute Gasteiger partial charge is 0.224 e. The first-order valence-corrected chi connectivity index (χ1v) is 5.49. The summed E-state index contributed by atoms with van der Waals surface area (Å²) in [7, 11) is 0. The van der Waals surface area contributed by atoms with Crippen LogP contribution < -0.4 is 0 Å². The number of rotatable bonds is 2. The number of hydrogen-bond acceptors (Lipinski definition) is 3. The minimum atomic E-state index is 0.258. The first kappa shape index (κ1) is 11.1. The zero-order chi connectivity index (χ0) is 11.7. The molecule has 0 fully saturated rings. The quantitative estimate of drug-likeness (QED) is 0.753. The summed E-state index contributed by atoms with van der Waals surface area (Å²) in [5.74, 6) is 1.01. The predicted molar refractivity (Wildman–Crippen MR) is 63.0 cm³/mol. The van der Waals surface area contributed by atoms with Crippen LogP contribution in [0, 0.1) is 6.92 Å². The fraction of sp³-hybridized carbons (Fsp3) is 0.364. The maximum Gasteiger partial charge on any atom is 0.161 e. The van der Waals surface area contributed by atoms with E-state index in [1.165, 1.54) is 6.33 Å². The topological polar surface area (TPSA) is 43.6 Å². The molecule has 2 aromatic heterocycles. The molecule has 0 N–H and O–H groups in total. The Morgan fingerprint density at radius 2 is 2.06 bits per heavy atom. The summed E-state index contributed by atoms with van der Waals surface area (Å²) < 4.78 is 1.73. The van der Waals surface area contributed by atoms with Gasteiger partial charge in [0.2, 0.25) is 0 Å². The van der Waals surface area contributed by atoms with E-state index >= 15 is 0 Å². The molecule has 0 aliphatic rings. The van der Waals surface area contributed by atoms with Crippen molar-refractivity contribution in [3.8, 4) is 5.82 Å². The lowest BCUT2D eigenvalue weighted by Gasteiger charge is -2.12. The van der Waals surface area contributed by atoms with Crippen molar-refractivity contribution in [3.63, 3.8) is 0 Å². The molecule has 4 nitrogen and oxygen atoms in total. The Hall–Kier alpha value is -1.42. The van der Waals surface area contributed by atoms with Crippen LogP contribution in [0.3, 0.4) is 0 Å². The Bertz CT molecular complexity index is 504. The molecular weight excluding hydrogens is 224 g/mol. The highest BCUT2D eigenvalue weighted by molar-refractivity contribution is 6.30. The second-order valence-electron chi connectivity index (χ2n) is 4.02. The average Bonchev–Trinajstić information content (AvgIpc) is 2.63. The van der Waals surface area contributed by atoms with Crippen LogP contribution in [-0.4, -0.2) is 19.7 Å². The molecular formula is C11H13ClN4. The van der Waals surface area contributed by atoms with Gasteiger partial charge in [0.05, 0.1) is 6.20 Å². The van der Waals surface area contributed by atoms with Crippen molar-refractivity contribution in [2.24, 2.45) is 0 Å². The monoisotopic (exact) mass is 236 g/mol. The number of nitrogens with zero attached hydrogens (tertiary/aromatic N) is 4. The van der Waals surface area contributed by atoms with E-state index in [1.54, 1.807) is 10.9 Å². The van der Waals surface area contributed by atoms with E-state index in [2.05, 4.69) is 28.9 Å². The van der Waals surface area contributed by atoms with Gasteiger partial charge in [0.25, 0.3) is 0 Å². The van der Waals surface area contributed by atoms with Crippen LogP contribution in [0.1, 0.15) is 30.9 Å². The van der Waals surface area contributed by atoms with Crippen molar-refractivity contribution >= 4 is 11.6 Å². The molecule has 0 saturated heterocycles. The van der Waals surface area contributed by atoms with Gasteiger partial charge in [-0.05, 0) is 18.4 Å². The van der Waals surface area contributed by atoms with Gasteiger partial charge in [0.15, 0.2) is 5.82 Å². The van der Waals surface area contributed by atoms with Crippen LogP contribution >= 0.6 is 11.6 Å². The van der Waals surface area contributed by atoms with Gasteiger partial charge in [-0.15, -0.1) is 0 Å². The third-order valence-corrected chi connectivity index (χ3v) is 2.62. The van der Waals surface area contributed by atoms with E-state index in [0.29, 0.717) is 5.15 Å². The highest BCUT2D eigenvalue weighted by atomic mass is 35.5. The summed E-state index contributed by atoms with van der Waals surface area (Å²) in [6.45, 7) is 6.11. The standard InChI is InChI=1S/C11H13ClN4/c1-7(2)9-10(12)13-6-14-11(9)16-5-8(3)4-15-16/h4-7H,1-3H3. The van der Waals surface area contributed by atoms with Crippen molar-refractivity contribution in [3.05, 3.63) is 35.0 Å². The minimum absolute atomic E-state index is 0.258. The molecule has 0 aromatic carbocycles. The second kappa shape index (κ2) is 4.22. The summed E-state index contributed by atoms with van der Waals surface area (Å²) in [6, 6.07) is 0. The highest BCUT2D eigenvalue weighted by Gasteiger charge is 2.15. The van der Waals surface area contributed by atoms with E-state index in [9.17, 15) is 0 Å². The molecule has 16 heavy (non-hydrogen) atoms. The van der Waals surface area contributed by atoms with Crippen molar-refractivity contribution < 1.29 is 0 Å². The van der Waals surface area contributed by atoms with E-state index in [1.807, 2.05) is 13.1 Å². The molecule has 0 bridgehead atoms. The number of aromatic nitrogens is 4. The lowest BCUT2D eigenvalue weighted by atomic mass is 10.1. The number of hydrogen-bond donors (Lipinski definition) is 0. The van der Waals surface area contributed by atoms with Crippen molar-refractivity contribution in [1.29, 1.82) is 0 Å². The van der Waals surface area contributed by atoms with Crippen LogP contribution in [0.5, 0.6) is 0 Å². The summed E-state index contributed by atoms with van der Waals surface area (Å²) in [5.41, 5.74) is 2.01. The summed E-state index contributed by atoms with van der Waals surface area (Å²) in [6.07, 6.45) is 5.17. The normalized spacial score (nSPS) is 11.1. The van der Waals surface area contributed by atoms with Gasteiger partial charge in [-0.2, -0.15) is 5.10 Å². The fourth-order valence-electron chi connectivity index (χ4n) is 1.57. The van der Waals surface area contributed by atoms with E-state index in [0.717, 1.165) is 16.9 Å². The molecule has 2 rings (SSSR count). The third kappa shape index (κ3) is 1.93. The van der Waals surface area contributed by atoms with Crippen molar-refractivity contribution in [2.45, 2.75) is 26.7 Å². The van der Waals surface area contributed by atoms with Gasteiger partial charge in [0, 0.05) is 11.8 Å². The minimum Gasteiger partial charge on any atom is -0.224 e. The number of halogens is 1. The predicted octanol–water partition coefficient (Wildman–Crippen LogP) is 2.75. The Morgan fingerprint density at radius 3 is 2.62 bits per heavy atom. The Labute approximate surface area is 99.3 Å². The molecule has 0 aliphatic carbocycles. The van der Waals surface area contributed by atoms with Crippen LogP contribution in [0.4, 0.5) is 0 Å². The maximum absolute atomic E-state index is 6.09. The summed E-state index contributed by atoms with van der Waals surface area (Å²) >= 11 is 6.09. The molecule has 0 spiro atoms. The van der Waals surface area contributed by atoms with Crippen LogP contribution in [0.2, 0.25) is 5.15 Å². The third-order valence-electron chi connectivity index (χ3n) is 2.32. The van der Waals surface area contributed by atoms with Gasteiger partial charge in [-0.25, -0.2) is 14.6 Å². The van der Waals surface area contributed by atoms with Crippen LogP contribution in [-0.2, 0) is 0 Å². The van der Waals surface area contributed by atoms with Gasteiger partial charge < -0.3 is 0 Å². The zero-order valence-electron chi connectivity index (χ0n) is 9.48. The highest BCUT2D eigenvalue weighted by Crippen LogP contribution is 2.26. The van der Waals surface area contributed by atoms with Crippen molar-refractivity contribution in [1.82, 2.24) is 19.7 Å². The SMILES string of the molecule is Cc1cnn(-c2ncnc(Cl)c2C(C)C)c1. The summed E-state index contributed by atoms with van der Waals surface area (Å²) in [4.78, 5) is 8.26. The average molecular weight is 237 g/mol. The smallest absolute Gasteiger partial charge is 0.161 e. The summed E-state index contributed by atoms with van der Waals surface area (Å²) in [5, 5.41) is 4.73. The fourth-order valence-corrected chi connectivity index (χ4v) is 1.92. The molecule has 0 atom stereocenters. The van der Waals surface area contributed by atoms with Crippen LogP contribution in [0.25, 0.3) is 5.82 Å². The van der Waals surface area contributed by atoms with Crippen LogP contribution in [0.15, 0.2) is 18.7 Å². The molecule has 2 aromatic rings. The number of aryl methyl sites for hydroxylation is 1. The zero-order valence-corrected chi connectivity index (χ0v) is 10.2. The lowest BCUT2D eigenvalue weighted by Crippen LogP contribution is -2.06. The second-order valence-corrected chi connectivity index (χ2v) is 4.38.